The van der Waals surface area contributed by atoms with Gasteiger partial charge in [0.15, 0.2) is 5.82 Å². The Kier molecular flexibility index (Phi) is 5.70. The molecule has 2 aliphatic rings. The molecule has 0 spiro atoms. The summed E-state index contributed by atoms with van der Waals surface area (Å²) in [5.74, 6) is 1.48. The van der Waals surface area contributed by atoms with E-state index in [9.17, 15) is 14.4 Å². The molecule has 1 fully saturated rings. The van der Waals surface area contributed by atoms with E-state index in [0.717, 1.165) is 36.0 Å². The van der Waals surface area contributed by atoms with Crippen LogP contribution in [-0.2, 0) is 9.59 Å². The first-order chi connectivity index (χ1) is 15.2. The molecule has 1 aliphatic heterocycles. The first kappa shape index (κ1) is 21.6. The predicted octanol–water partition coefficient (Wildman–Crippen LogP) is 3.76. The Balaban J connectivity index is 1.68. The Morgan fingerprint density at radius 3 is 2.62 bits per heavy atom. The van der Waals surface area contributed by atoms with E-state index in [1.54, 1.807) is 0 Å². The predicted molar refractivity (Wildman–Crippen MR) is 122 cm³/mol. The van der Waals surface area contributed by atoms with E-state index in [4.69, 9.17) is 6.42 Å². The Morgan fingerprint density at radius 2 is 2.00 bits per heavy atom. The summed E-state index contributed by atoms with van der Waals surface area (Å²) in [5, 5.41) is 5.30. The van der Waals surface area contributed by atoms with E-state index in [2.05, 4.69) is 46.4 Å². The summed E-state index contributed by atoms with van der Waals surface area (Å²) in [6.45, 7) is 4.48. The molecule has 3 amide bonds. The minimum absolute atomic E-state index is 0.140. The number of aromatic amines is 1. The number of piperidine rings is 1. The number of nitrogens with one attached hydrogen (secondary N) is 3. The molecule has 0 unspecified atom stereocenters. The summed E-state index contributed by atoms with van der Waals surface area (Å²) in [6, 6.07) is 5.72. The van der Waals surface area contributed by atoms with Crippen LogP contribution in [0.15, 0.2) is 30.5 Å². The van der Waals surface area contributed by atoms with Gasteiger partial charge in [0.2, 0.25) is 11.8 Å². The van der Waals surface area contributed by atoms with Gasteiger partial charge in [-0.1, -0.05) is 31.9 Å². The fourth-order valence-electron chi connectivity index (χ4n) is 4.22. The number of hydrogen-bond acceptors (Lipinski definition) is 4. The quantitative estimate of drug-likeness (QED) is 0.507. The fourth-order valence-corrected chi connectivity index (χ4v) is 4.22. The molecule has 0 radical (unpaired) electrons. The third-order valence-corrected chi connectivity index (χ3v) is 6.17. The Morgan fingerprint density at radius 1 is 1.25 bits per heavy atom. The summed E-state index contributed by atoms with van der Waals surface area (Å²) in [5.41, 5.74) is 4.31. The van der Waals surface area contributed by atoms with Crippen LogP contribution >= 0.6 is 0 Å². The smallest absolute Gasteiger partial charge is 0.291 e. The molecule has 2 heterocycles. The molecule has 0 saturated carbocycles. The molecule has 0 atom stereocenters. The van der Waals surface area contributed by atoms with Gasteiger partial charge < -0.3 is 10.3 Å². The zero-order valence-corrected chi connectivity index (χ0v) is 18.2. The molecule has 1 aromatic heterocycles. The van der Waals surface area contributed by atoms with Gasteiger partial charge >= 0.3 is 0 Å². The number of terminal acetylenes is 1. The van der Waals surface area contributed by atoms with Crippen molar-refractivity contribution >= 4 is 29.0 Å². The van der Waals surface area contributed by atoms with Crippen LogP contribution in [0.25, 0.3) is 5.57 Å². The van der Waals surface area contributed by atoms with Gasteiger partial charge in [0.25, 0.3) is 5.91 Å². The van der Waals surface area contributed by atoms with Gasteiger partial charge in [0.1, 0.15) is 5.69 Å². The van der Waals surface area contributed by atoms with Crippen molar-refractivity contribution < 1.29 is 14.4 Å². The van der Waals surface area contributed by atoms with Crippen LogP contribution in [0.5, 0.6) is 0 Å². The van der Waals surface area contributed by atoms with Crippen molar-refractivity contribution in [2.75, 3.05) is 5.32 Å². The summed E-state index contributed by atoms with van der Waals surface area (Å²) in [7, 11) is 0. The van der Waals surface area contributed by atoms with Crippen LogP contribution < -0.4 is 10.6 Å². The van der Waals surface area contributed by atoms with E-state index >= 15 is 0 Å². The molecule has 7 heteroatoms. The van der Waals surface area contributed by atoms with Crippen molar-refractivity contribution in [3.05, 3.63) is 53.1 Å². The van der Waals surface area contributed by atoms with Crippen LogP contribution in [0, 0.1) is 17.8 Å². The van der Waals surface area contributed by atoms with Gasteiger partial charge in [0.05, 0.1) is 6.20 Å². The first-order valence-corrected chi connectivity index (χ1v) is 10.7. The molecule has 164 valence electrons. The third kappa shape index (κ3) is 4.65. The van der Waals surface area contributed by atoms with E-state index in [1.165, 1.54) is 6.20 Å². The van der Waals surface area contributed by atoms with E-state index in [0.29, 0.717) is 11.4 Å². The van der Waals surface area contributed by atoms with Gasteiger partial charge in [-0.15, -0.1) is 6.42 Å². The Labute approximate surface area is 187 Å². The second kappa shape index (κ2) is 8.46. The number of carbonyl (C=O) groups excluding carboxylic acids is 3. The Hall–Kier alpha value is -3.66. The van der Waals surface area contributed by atoms with Gasteiger partial charge in [-0.25, -0.2) is 4.98 Å². The molecule has 3 N–H and O–H groups in total. The minimum atomic E-state index is -0.385. The number of hydrogen-bond donors (Lipinski definition) is 3. The van der Waals surface area contributed by atoms with E-state index < -0.39 is 0 Å². The van der Waals surface area contributed by atoms with Crippen LogP contribution in [0.3, 0.4) is 0 Å². The van der Waals surface area contributed by atoms with Crippen LogP contribution in [0.2, 0.25) is 0 Å². The normalized spacial score (nSPS) is 18.5. The van der Waals surface area contributed by atoms with Gasteiger partial charge in [0, 0.05) is 30.0 Å². The monoisotopic (exact) mass is 430 g/mol. The lowest BCUT2D eigenvalue weighted by Gasteiger charge is -2.30. The average molecular weight is 431 g/mol. The lowest BCUT2D eigenvalue weighted by molar-refractivity contribution is -0.133. The van der Waals surface area contributed by atoms with Crippen molar-refractivity contribution in [1.29, 1.82) is 0 Å². The highest BCUT2D eigenvalue weighted by Gasteiger charge is 2.28. The SMILES string of the molecule is C#Cc1cnc(C(=O)Nc2ccc(C3CC(=O)NC(=O)C3)cc2C2=CCC(C)(C)CC2)[nH]1. The molecular formula is C25H26N4O3. The number of amides is 3. The van der Waals surface area contributed by atoms with Crippen molar-refractivity contribution in [3.63, 3.8) is 0 Å². The van der Waals surface area contributed by atoms with Crippen molar-refractivity contribution in [1.82, 2.24) is 15.3 Å². The maximum Gasteiger partial charge on any atom is 0.291 e. The fraction of sp³-hybridized carbons (Fsp3) is 0.360. The molecule has 1 aliphatic carbocycles. The van der Waals surface area contributed by atoms with Crippen LogP contribution in [0.1, 0.15) is 79.3 Å². The molecule has 1 aromatic carbocycles. The second-order valence-electron chi connectivity index (χ2n) is 9.22. The second-order valence-corrected chi connectivity index (χ2v) is 9.22. The summed E-state index contributed by atoms with van der Waals surface area (Å²) >= 11 is 0. The maximum absolute atomic E-state index is 12.8. The number of benzene rings is 1. The standard InChI is InChI=1S/C25H26N4O3/c1-4-18-14-26-23(27-18)24(32)28-20-6-5-16(17-12-21(30)29-22(31)13-17)11-19(20)15-7-9-25(2,3)10-8-15/h1,5-7,11,14,17H,8-10,12-13H2,2-3H3,(H,26,27)(H,28,32)(H,29,30,31). The largest absolute Gasteiger partial charge is 0.327 e. The number of rotatable bonds is 4. The number of allylic oxidation sites excluding steroid dienone is 2. The highest BCUT2D eigenvalue weighted by atomic mass is 16.2. The lowest BCUT2D eigenvalue weighted by Crippen LogP contribution is -2.37. The van der Waals surface area contributed by atoms with Crippen molar-refractivity contribution in [3.8, 4) is 12.3 Å². The summed E-state index contributed by atoms with van der Waals surface area (Å²) in [4.78, 5) is 43.4. The first-order valence-electron chi connectivity index (χ1n) is 10.7. The highest BCUT2D eigenvalue weighted by Crippen LogP contribution is 2.41. The third-order valence-electron chi connectivity index (χ3n) is 6.17. The summed E-state index contributed by atoms with van der Waals surface area (Å²) in [6.07, 6.45) is 12.4. The number of aromatic nitrogens is 2. The lowest BCUT2D eigenvalue weighted by atomic mass is 9.76. The molecule has 4 rings (SSSR count). The maximum atomic E-state index is 12.8. The number of H-pyrrole nitrogens is 1. The van der Waals surface area contributed by atoms with Gasteiger partial charge in [-0.3, -0.25) is 19.7 Å². The number of anilines is 1. The van der Waals surface area contributed by atoms with Crippen molar-refractivity contribution in [2.24, 2.45) is 5.41 Å². The molecule has 1 saturated heterocycles. The Bertz CT molecular complexity index is 1150. The topological polar surface area (TPSA) is 104 Å². The minimum Gasteiger partial charge on any atom is -0.327 e. The summed E-state index contributed by atoms with van der Waals surface area (Å²) < 4.78 is 0. The molecule has 0 bridgehead atoms. The molecular weight excluding hydrogens is 404 g/mol. The van der Waals surface area contributed by atoms with Gasteiger partial charge in [-0.2, -0.15) is 0 Å². The van der Waals surface area contributed by atoms with Crippen LogP contribution in [-0.4, -0.2) is 27.7 Å². The van der Waals surface area contributed by atoms with Gasteiger partial charge in [-0.05, 0) is 47.9 Å². The van der Waals surface area contributed by atoms with E-state index in [1.807, 2.05) is 18.2 Å². The molecule has 32 heavy (non-hydrogen) atoms. The molecule has 2 aromatic rings. The number of imide groups is 1. The highest BCUT2D eigenvalue weighted by molar-refractivity contribution is 6.03. The zero-order valence-electron chi connectivity index (χ0n) is 18.2. The van der Waals surface area contributed by atoms with E-state index in [-0.39, 0.29) is 47.7 Å². The molecule has 7 nitrogen and oxygen atoms in total. The zero-order chi connectivity index (χ0) is 22.9. The number of carbonyl (C=O) groups is 3. The number of imidazole rings is 1. The number of nitrogens with zero attached hydrogens (tertiary/aromatic N) is 1. The van der Waals surface area contributed by atoms with Crippen molar-refractivity contribution in [2.45, 2.75) is 51.9 Å². The van der Waals surface area contributed by atoms with Crippen LogP contribution in [0.4, 0.5) is 5.69 Å². The average Bonchev–Trinajstić information content (AvgIpc) is 3.23.